The number of carboxylic acid groups (broad SMARTS) is 1. The fourth-order valence-electron chi connectivity index (χ4n) is 3.58. The van der Waals surface area contributed by atoms with Crippen molar-refractivity contribution in [2.75, 3.05) is 18.0 Å². The van der Waals surface area contributed by atoms with Crippen LogP contribution in [0.4, 0.5) is 13.8 Å². The van der Waals surface area contributed by atoms with Gasteiger partial charge in [-0.25, -0.2) is 17.2 Å². The molecule has 3 rings (SSSR count). The number of nitrogens with one attached hydrogen (secondary N) is 1. The van der Waals surface area contributed by atoms with Crippen LogP contribution in [0.1, 0.15) is 39.2 Å². The van der Waals surface area contributed by atoms with E-state index in [9.17, 15) is 27.1 Å². The molecule has 1 aliphatic heterocycles. The van der Waals surface area contributed by atoms with E-state index in [1.54, 1.807) is 55.1 Å². The highest BCUT2D eigenvalue weighted by molar-refractivity contribution is 7.91. The summed E-state index contributed by atoms with van der Waals surface area (Å²) in [6.45, 7) is 4.96. The molecule has 0 saturated carbocycles. The third-order valence-electron chi connectivity index (χ3n) is 6.15. The third kappa shape index (κ3) is 4.61. The van der Waals surface area contributed by atoms with Gasteiger partial charge in [-0.2, -0.15) is 4.72 Å². The number of anilines is 1. The summed E-state index contributed by atoms with van der Waals surface area (Å²) in [5.41, 5.74) is -2.25. The summed E-state index contributed by atoms with van der Waals surface area (Å²) in [7, 11) is -4.18. The number of carboxylic acids is 1. The molecule has 170 valence electrons. The molecule has 0 unspecified atom stereocenters. The van der Waals surface area contributed by atoms with Crippen LogP contribution in [-0.2, 0) is 20.2 Å². The molecule has 0 amide bonds. The smallest absolute Gasteiger partial charge is 0.325 e. The van der Waals surface area contributed by atoms with Gasteiger partial charge in [0.15, 0.2) is 0 Å². The van der Waals surface area contributed by atoms with Crippen LogP contribution >= 0.6 is 11.3 Å². The van der Waals surface area contributed by atoms with Gasteiger partial charge in [0.1, 0.15) is 9.75 Å². The summed E-state index contributed by atoms with van der Waals surface area (Å²) in [4.78, 5) is 14.0. The van der Waals surface area contributed by atoms with Crippen molar-refractivity contribution in [1.82, 2.24) is 4.72 Å². The van der Waals surface area contributed by atoms with Crippen molar-refractivity contribution in [1.29, 1.82) is 0 Å². The van der Waals surface area contributed by atoms with Crippen LogP contribution in [0, 0.1) is 0 Å². The quantitative estimate of drug-likeness (QED) is 0.634. The summed E-state index contributed by atoms with van der Waals surface area (Å²) in [5.74, 6) is -4.00. The molecular formula is C21H26F2N2O4S2. The maximum absolute atomic E-state index is 13.4. The van der Waals surface area contributed by atoms with E-state index in [0.29, 0.717) is 10.6 Å². The molecule has 10 heteroatoms. The topological polar surface area (TPSA) is 86.7 Å². The van der Waals surface area contributed by atoms with Gasteiger partial charge in [-0.05, 0) is 24.6 Å². The van der Waals surface area contributed by atoms with E-state index >= 15 is 0 Å². The molecule has 0 radical (unpaired) electrons. The fourth-order valence-corrected chi connectivity index (χ4v) is 6.42. The molecular weight excluding hydrogens is 446 g/mol. The predicted molar refractivity (Wildman–Crippen MR) is 117 cm³/mol. The maximum atomic E-state index is 13.4. The van der Waals surface area contributed by atoms with Gasteiger partial charge in [-0.15, -0.1) is 11.3 Å². The lowest BCUT2D eigenvalue weighted by Gasteiger charge is -2.41. The van der Waals surface area contributed by atoms with Gasteiger partial charge in [0.05, 0.1) is 5.00 Å². The second kappa shape index (κ2) is 8.14. The predicted octanol–water partition coefficient (Wildman–Crippen LogP) is 4.08. The number of alkyl halides is 2. The molecule has 1 aliphatic rings. The van der Waals surface area contributed by atoms with Gasteiger partial charge in [-0.1, -0.05) is 44.2 Å². The molecule has 1 aromatic heterocycles. The summed E-state index contributed by atoms with van der Waals surface area (Å²) < 4.78 is 55.4. The van der Waals surface area contributed by atoms with Crippen LogP contribution in [0.3, 0.4) is 0 Å². The lowest BCUT2D eigenvalue weighted by Crippen LogP contribution is -2.62. The Labute approximate surface area is 184 Å². The van der Waals surface area contributed by atoms with Crippen LogP contribution in [0.15, 0.2) is 46.7 Å². The van der Waals surface area contributed by atoms with Crippen LogP contribution in [0.2, 0.25) is 0 Å². The zero-order valence-electron chi connectivity index (χ0n) is 17.6. The minimum Gasteiger partial charge on any atom is -0.480 e. The summed E-state index contributed by atoms with van der Waals surface area (Å²) >= 11 is 0.943. The lowest BCUT2D eigenvalue weighted by atomic mass is 9.69. The van der Waals surface area contributed by atoms with Crippen molar-refractivity contribution < 1.29 is 27.1 Å². The van der Waals surface area contributed by atoms with Crippen LogP contribution < -0.4 is 9.62 Å². The van der Waals surface area contributed by atoms with E-state index in [4.69, 9.17) is 0 Å². The Hall–Kier alpha value is -2.04. The SMILES string of the molecule is CC(C)(c1ccccc1)[C@](C)(NS(=O)(=O)c1ccc(N2CCC(F)(F)CC2)s1)C(=O)O. The van der Waals surface area contributed by atoms with Crippen molar-refractivity contribution in [3.63, 3.8) is 0 Å². The largest absolute Gasteiger partial charge is 0.480 e. The van der Waals surface area contributed by atoms with Gasteiger partial charge in [-0.3, -0.25) is 4.79 Å². The number of carbonyl (C=O) groups is 1. The highest BCUT2D eigenvalue weighted by Gasteiger charge is 2.51. The minimum absolute atomic E-state index is 0.0591. The molecule has 2 N–H and O–H groups in total. The fraction of sp³-hybridized carbons (Fsp3) is 0.476. The van der Waals surface area contributed by atoms with E-state index < -0.39 is 32.9 Å². The maximum Gasteiger partial charge on any atom is 0.325 e. The normalized spacial score (nSPS) is 19.1. The molecule has 1 aromatic carbocycles. The van der Waals surface area contributed by atoms with Gasteiger partial charge < -0.3 is 10.0 Å². The van der Waals surface area contributed by atoms with E-state index in [-0.39, 0.29) is 30.1 Å². The number of hydrogen-bond acceptors (Lipinski definition) is 5. The highest BCUT2D eigenvalue weighted by atomic mass is 32.2. The van der Waals surface area contributed by atoms with E-state index in [2.05, 4.69) is 4.72 Å². The molecule has 2 heterocycles. The first-order chi connectivity index (χ1) is 14.3. The molecule has 1 saturated heterocycles. The van der Waals surface area contributed by atoms with Gasteiger partial charge >= 0.3 is 5.97 Å². The zero-order chi connectivity index (χ0) is 23.1. The Morgan fingerprint density at radius 3 is 2.23 bits per heavy atom. The number of nitrogens with zero attached hydrogens (tertiary/aromatic N) is 1. The van der Waals surface area contributed by atoms with Gasteiger partial charge in [0, 0.05) is 31.3 Å². The standard InChI is InChI=1S/C21H26F2N2O4S2/c1-19(2,15-7-5-4-6-8-15)20(3,18(26)27)24-31(28,29)17-10-9-16(30-17)25-13-11-21(22,23)12-14-25/h4-10,24H,11-14H2,1-3H3,(H,26,27)/t20-/m1/s1. The van der Waals surface area contributed by atoms with E-state index in [1.165, 1.54) is 13.0 Å². The molecule has 31 heavy (non-hydrogen) atoms. The number of thiophene rings is 1. The summed E-state index contributed by atoms with van der Waals surface area (Å²) in [6.07, 6.45) is -0.568. The Morgan fingerprint density at radius 2 is 1.68 bits per heavy atom. The second-order valence-corrected chi connectivity index (χ2v) is 11.4. The Balaban J connectivity index is 1.88. The number of rotatable bonds is 7. The Bertz CT molecular complexity index is 1040. The average Bonchev–Trinajstić information content (AvgIpc) is 3.19. The van der Waals surface area contributed by atoms with Crippen LogP contribution in [0.25, 0.3) is 0 Å². The molecule has 1 atom stereocenters. The zero-order valence-corrected chi connectivity index (χ0v) is 19.2. The van der Waals surface area contributed by atoms with Crippen molar-refractivity contribution >= 4 is 32.3 Å². The first-order valence-corrected chi connectivity index (χ1v) is 12.1. The third-order valence-corrected chi connectivity index (χ3v) is 9.34. The van der Waals surface area contributed by atoms with Crippen molar-refractivity contribution in [2.45, 2.75) is 54.7 Å². The number of aliphatic carboxylic acids is 1. The second-order valence-electron chi connectivity index (χ2n) is 8.46. The molecule has 0 bridgehead atoms. The molecule has 2 aromatic rings. The number of sulfonamides is 1. The van der Waals surface area contributed by atoms with Crippen molar-refractivity contribution in [3.05, 3.63) is 48.0 Å². The molecule has 6 nitrogen and oxygen atoms in total. The van der Waals surface area contributed by atoms with Gasteiger partial charge in [0.25, 0.3) is 15.9 Å². The van der Waals surface area contributed by atoms with Gasteiger partial charge in [0.2, 0.25) is 0 Å². The monoisotopic (exact) mass is 472 g/mol. The van der Waals surface area contributed by atoms with E-state index in [0.717, 1.165) is 11.3 Å². The molecule has 1 fully saturated rings. The average molecular weight is 473 g/mol. The first kappa shape index (κ1) is 23.6. The number of halogens is 2. The number of benzene rings is 1. The minimum atomic E-state index is -4.18. The lowest BCUT2D eigenvalue weighted by molar-refractivity contribution is -0.146. The first-order valence-electron chi connectivity index (χ1n) is 9.84. The molecule has 0 spiro atoms. The Kier molecular flexibility index (Phi) is 6.20. The van der Waals surface area contributed by atoms with Crippen LogP contribution in [-0.4, -0.2) is 44.0 Å². The summed E-state index contributed by atoms with van der Waals surface area (Å²) in [6, 6.07) is 11.8. The van der Waals surface area contributed by atoms with Crippen molar-refractivity contribution in [3.8, 4) is 0 Å². The van der Waals surface area contributed by atoms with E-state index in [1.807, 2.05) is 0 Å². The Morgan fingerprint density at radius 1 is 1.10 bits per heavy atom. The molecule has 0 aliphatic carbocycles. The number of hydrogen-bond donors (Lipinski definition) is 2. The van der Waals surface area contributed by atoms with Crippen LogP contribution in [0.5, 0.6) is 0 Å². The number of piperidine rings is 1. The van der Waals surface area contributed by atoms with Crippen molar-refractivity contribution in [2.24, 2.45) is 0 Å². The highest BCUT2D eigenvalue weighted by Crippen LogP contribution is 2.39. The summed E-state index contributed by atoms with van der Waals surface area (Å²) in [5, 5.41) is 10.6.